The molecule has 0 spiro atoms. The lowest BCUT2D eigenvalue weighted by molar-refractivity contribution is 0.122. The van der Waals surface area contributed by atoms with Crippen LogP contribution in [-0.4, -0.2) is 23.7 Å². The molecule has 0 aliphatic heterocycles. The zero-order chi connectivity index (χ0) is 15.6. The Balaban J connectivity index is 2.34. The van der Waals surface area contributed by atoms with Gasteiger partial charge in [0.15, 0.2) is 0 Å². The number of benzene rings is 1. The summed E-state index contributed by atoms with van der Waals surface area (Å²) < 4.78 is 7.09. The first-order valence-electron chi connectivity index (χ1n) is 6.94. The molecule has 0 N–H and O–H groups in total. The highest BCUT2D eigenvalue weighted by atomic mass is 32.2. The van der Waals surface area contributed by atoms with Gasteiger partial charge in [0.05, 0.1) is 16.3 Å². The van der Waals surface area contributed by atoms with Crippen LogP contribution in [0, 0.1) is 5.92 Å². The summed E-state index contributed by atoms with van der Waals surface area (Å²) in [5, 5.41) is 0. The van der Waals surface area contributed by atoms with Gasteiger partial charge in [-0.1, -0.05) is 13.8 Å². The van der Waals surface area contributed by atoms with Crippen molar-refractivity contribution >= 4 is 46.0 Å². The zero-order valence-corrected chi connectivity index (χ0v) is 14.4. The molecule has 1 aromatic heterocycles. The van der Waals surface area contributed by atoms with E-state index in [1.165, 1.54) is 11.3 Å². The summed E-state index contributed by atoms with van der Waals surface area (Å²) in [6.07, 6.45) is -0.447. The van der Waals surface area contributed by atoms with Crippen molar-refractivity contribution in [1.82, 2.24) is 4.98 Å². The third-order valence-electron chi connectivity index (χ3n) is 2.78. The highest BCUT2D eigenvalue weighted by molar-refractivity contribution is 7.82. The lowest BCUT2D eigenvalue weighted by atomic mass is 10.2. The maximum Gasteiger partial charge on any atom is 0.414 e. The Kier molecular flexibility index (Phi) is 5.11. The molecule has 1 heterocycles. The summed E-state index contributed by atoms with van der Waals surface area (Å²) in [5.74, 6) is 0.349. The first-order chi connectivity index (χ1) is 9.86. The van der Waals surface area contributed by atoms with E-state index in [1.54, 1.807) is 4.90 Å². The monoisotopic (exact) mass is 324 g/mol. The number of amides is 1. The quantitative estimate of drug-likeness (QED) is 0.836. The predicted molar refractivity (Wildman–Crippen MR) is 90.7 cm³/mol. The summed E-state index contributed by atoms with van der Waals surface area (Å²) in [7, 11) is 0. The average molecular weight is 324 g/mol. The van der Waals surface area contributed by atoms with E-state index < -0.39 is 0 Å². The van der Waals surface area contributed by atoms with Crippen molar-refractivity contribution in [3.05, 3.63) is 18.2 Å². The fourth-order valence-corrected chi connectivity index (χ4v) is 3.13. The minimum atomic E-state index is -0.311. The maximum absolute atomic E-state index is 12.3. The highest BCUT2D eigenvalue weighted by Gasteiger charge is 2.20. The van der Waals surface area contributed by atoms with E-state index in [-0.39, 0.29) is 12.2 Å². The molecule has 1 amide bonds. The Morgan fingerprint density at radius 3 is 2.71 bits per heavy atom. The molecule has 0 atom stereocenters. The molecule has 2 rings (SSSR count). The molecule has 0 fully saturated rings. The number of anilines is 1. The van der Waals surface area contributed by atoms with Crippen LogP contribution in [0.4, 0.5) is 10.5 Å². The van der Waals surface area contributed by atoms with Gasteiger partial charge in [0.1, 0.15) is 4.34 Å². The number of hydrogen-bond acceptors (Lipinski definition) is 5. The highest BCUT2D eigenvalue weighted by Crippen LogP contribution is 2.29. The van der Waals surface area contributed by atoms with Crippen LogP contribution in [-0.2, 0) is 4.74 Å². The van der Waals surface area contributed by atoms with E-state index in [0.717, 1.165) is 20.2 Å². The van der Waals surface area contributed by atoms with Gasteiger partial charge in [-0.15, -0.1) is 24.0 Å². The summed E-state index contributed by atoms with van der Waals surface area (Å²) in [6.45, 7) is 8.47. The standard InChI is InChI=1S/C15H20N2O2S2/c1-9(2)8-17(15(18)19-10(3)4)11-5-6-12-13(7-11)21-14(20)16-12/h5-7,9-10H,8H2,1-4H3,(H,16,20). The largest absolute Gasteiger partial charge is 0.446 e. The van der Waals surface area contributed by atoms with Crippen LogP contribution in [0.2, 0.25) is 0 Å². The van der Waals surface area contributed by atoms with Crippen molar-refractivity contribution in [2.45, 2.75) is 38.1 Å². The number of nitrogens with zero attached hydrogens (tertiary/aromatic N) is 2. The number of fused-ring (bicyclic) bond motifs is 1. The molecule has 0 saturated carbocycles. The molecule has 0 aliphatic carbocycles. The van der Waals surface area contributed by atoms with Gasteiger partial charge >= 0.3 is 6.09 Å². The molecule has 4 nitrogen and oxygen atoms in total. The van der Waals surface area contributed by atoms with Crippen molar-refractivity contribution in [2.24, 2.45) is 5.92 Å². The van der Waals surface area contributed by atoms with Crippen molar-refractivity contribution in [3.63, 3.8) is 0 Å². The second-order valence-electron chi connectivity index (χ2n) is 5.59. The summed E-state index contributed by atoms with van der Waals surface area (Å²) in [5.41, 5.74) is 1.73. The summed E-state index contributed by atoms with van der Waals surface area (Å²) in [4.78, 5) is 18.3. The van der Waals surface area contributed by atoms with Gasteiger partial charge in [-0.2, -0.15) is 0 Å². The smallest absolute Gasteiger partial charge is 0.414 e. The van der Waals surface area contributed by atoms with Crippen LogP contribution in [0.1, 0.15) is 27.7 Å². The van der Waals surface area contributed by atoms with Crippen LogP contribution >= 0.6 is 24.0 Å². The Hall–Kier alpha value is -1.27. The molecular formula is C15H20N2O2S2. The summed E-state index contributed by atoms with van der Waals surface area (Å²) in [6, 6.07) is 5.78. The molecule has 6 heteroatoms. The number of carbonyl (C=O) groups is 1. The zero-order valence-electron chi connectivity index (χ0n) is 12.7. The Labute approximate surface area is 134 Å². The lowest BCUT2D eigenvalue weighted by Gasteiger charge is -2.25. The Morgan fingerprint density at radius 1 is 1.38 bits per heavy atom. The predicted octanol–water partition coefficient (Wildman–Crippen LogP) is 4.59. The minimum absolute atomic E-state index is 0.136. The van der Waals surface area contributed by atoms with E-state index in [0.29, 0.717) is 12.5 Å². The Morgan fingerprint density at radius 2 is 2.10 bits per heavy atom. The first kappa shape index (κ1) is 16.1. The molecule has 1 aromatic carbocycles. The van der Waals surface area contributed by atoms with Crippen LogP contribution < -0.4 is 4.90 Å². The minimum Gasteiger partial charge on any atom is -0.446 e. The van der Waals surface area contributed by atoms with E-state index in [2.05, 4.69) is 31.5 Å². The van der Waals surface area contributed by atoms with E-state index in [1.807, 2.05) is 32.0 Å². The molecule has 2 aromatic rings. The number of hydrogen-bond donors (Lipinski definition) is 1. The fraction of sp³-hybridized carbons (Fsp3) is 0.467. The van der Waals surface area contributed by atoms with Crippen molar-refractivity contribution < 1.29 is 9.53 Å². The molecule has 0 bridgehead atoms. The van der Waals surface area contributed by atoms with Crippen molar-refractivity contribution in [3.8, 4) is 0 Å². The van der Waals surface area contributed by atoms with Gasteiger partial charge in [0.25, 0.3) is 0 Å². The molecule has 0 radical (unpaired) electrons. The SMILES string of the molecule is CC(C)CN(C(=O)OC(C)C)c1ccc2nc(S)sc2c1. The average Bonchev–Trinajstić information content (AvgIpc) is 2.73. The normalized spacial score (nSPS) is 11.4. The maximum atomic E-state index is 12.3. The van der Waals surface area contributed by atoms with Crippen LogP contribution in [0.5, 0.6) is 0 Å². The van der Waals surface area contributed by atoms with Crippen molar-refractivity contribution in [2.75, 3.05) is 11.4 Å². The van der Waals surface area contributed by atoms with Gasteiger partial charge in [0.2, 0.25) is 0 Å². The summed E-state index contributed by atoms with van der Waals surface area (Å²) >= 11 is 5.77. The topological polar surface area (TPSA) is 42.4 Å². The molecule has 0 unspecified atom stereocenters. The van der Waals surface area contributed by atoms with Crippen LogP contribution in [0.3, 0.4) is 0 Å². The number of aromatic nitrogens is 1. The molecule has 0 saturated heterocycles. The van der Waals surface area contributed by atoms with Gasteiger partial charge in [-0.3, -0.25) is 4.90 Å². The molecule has 21 heavy (non-hydrogen) atoms. The third kappa shape index (κ3) is 4.11. The third-order valence-corrected chi connectivity index (χ3v) is 3.97. The number of carbonyl (C=O) groups excluding carboxylic acids is 1. The number of thiazole rings is 1. The Bertz CT molecular complexity index is 638. The number of rotatable bonds is 4. The molecular weight excluding hydrogens is 304 g/mol. The van der Waals surface area contributed by atoms with E-state index in [9.17, 15) is 4.79 Å². The molecule has 0 aliphatic rings. The number of ether oxygens (including phenoxy) is 1. The van der Waals surface area contributed by atoms with Crippen molar-refractivity contribution in [1.29, 1.82) is 0 Å². The second-order valence-corrected chi connectivity index (χ2v) is 7.34. The lowest BCUT2D eigenvalue weighted by Crippen LogP contribution is -2.36. The van der Waals surface area contributed by atoms with Gasteiger partial charge in [0, 0.05) is 12.2 Å². The van der Waals surface area contributed by atoms with Gasteiger partial charge < -0.3 is 4.74 Å². The van der Waals surface area contributed by atoms with E-state index >= 15 is 0 Å². The first-order valence-corrected chi connectivity index (χ1v) is 8.21. The van der Waals surface area contributed by atoms with Crippen LogP contribution in [0.25, 0.3) is 10.2 Å². The molecule has 114 valence electrons. The van der Waals surface area contributed by atoms with Gasteiger partial charge in [-0.25, -0.2) is 9.78 Å². The van der Waals surface area contributed by atoms with Gasteiger partial charge in [-0.05, 0) is 38.0 Å². The van der Waals surface area contributed by atoms with Crippen LogP contribution in [0.15, 0.2) is 22.5 Å². The fourth-order valence-electron chi connectivity index (χ4n) is 1.98. The number of thiol groups is 1. The van der Waals surface area contributed by atoms with E-state index in [4.69, 9.17) is 4.74 Å². The second kappa shape index (κ2) is 6.66.